The van der Waals surface area contributed by atoms with Crippen molar-refractivity contribution >= 4 is 6.09 Å². The molecule has 1 fully saturated rings. The van der Waals surface area contributed by atoms with E-state index in [0.717, 1.165) is 39.1 Å². The van der Waals surface area contributed by atoms with Crippen molar-refractivity contribution in [2.45, 2.75) is 52.2 Å². The first kappa shape index (κ1) is 16.2. The lowest BCUT2D eigenvalue weighted by Crippen LogP contribution is -2.39. The van der Waals surface area contributed by atoms with Gasteiger partial charge in [-0.1, -0.05) is 0 Å². The highest BCUT2D eigenvalue weighted by atomic mass is 16.6. The molecule has 0 saturated carbocycles. The number of hydrogen-bond donors (Lipinski definition) is 2. The van der Waals surface area contributed by atoms with Crippen LogP contribution >= 0.6 is 0 Å². The van der Waals surface area contributed by atoms with Crippen LogP contribution in [0.15, 0.2) is 0 Å². The number of alkyl carbamates (subject to hydrolysis) is 1. The van der Waals surface area contributed by atoms with Gasteiger partial charge in [0.05, 0.1) is 6.61 Å². The van der Waals surface area contributed by atoms with Crippen LogP contribution < -0.4 is 10.6 Å². The van der Waals surface area contributed by atoms with Gasteiger partial charge in [0.15, 0.2) is 0 Å². The first-order valence-corrected chi connectivity index (χ1v) is 7.15. The number of hydrogen-bond acceptors (Lipinski definition) is 4. The molecule has 1 rings (SSSR count). The van der Waals surface area contributed by atoms with Crippen molar-refractivity contribution in [1.29, 1.82) is 0 Å². The zero-order valence-corrected chi connectivity index (χ0v) is 12.6. The average Bonchev–Trinajstić information content (AvgIpc) is 2.74. The van der Waals surface area contributed by atoms with Gasteiger partial charge >= 0.3 is 6.09 Å². The second-order valence-electron chi connectivity index (χ2n) is 6.27. The molecule has 112 valence electrons. The van der Waals surface area contributed by atoms with Crippen molar-refractivity contribution in [3.05, 3.63) is 0 Å². The van der Waals surface area contributed by atoms with Crippen molar-refractivity contribution in [2.75, 3.05) is 26.3 Å². The largest absolute Gasteiger partial charge is 0.444 e. The number of amides is 1. The molecule has 19 heavy (non-hydrogen) atoms. The average molecular weight is 272 g/mol. The van der Waals surface area contributed by atoms with Crippen molar-refractivity contribution in [3.63, 3.8) is 0 Å². The van der Waals surface area contributed by atoms with Crippen LogP contribution in [0, 0.1) is 5.92 Å². The molecule has 1 saturated heterocycles. The molecule has 0 bridgehead atoms. The van der Waals surface area contributed by atoms with Crippen molar-refractivity contribution in [2.24, 2.45) is 5.92 Å². The Morgan fingerprint density at radius 3 is 2.79 bits per heavy atom. The minimum atomic E-state index is -0.440. The molecule has 0 aromatic carbocycles. The van der Waals surface area contributed by atoms with Crippen LogP contribution in [-0.4, -0.2) is 44.0 Å². The highest BCUT2D eigenvalue weighted by Crippen LogP contribution is 2.10. The second kappa shape index (κ2) is 7.70. The predicted octanol–water partition coefficient (Wildman–Crippen LogP) is 1.92. The summed E-state index contributed by atoms with van der Waals surface area (Å²) in [6.45, 7) is 11.2. The van der Waals surface area contributed by atoms with Gasteiger partial charge in [-0.2, -0.15) is 0 Å². The van der Waals surface area contributed by atoms with Crippen LogP contribution in [0.2, 0.25) is 0 Å². The lowest BCUT2D eigenvalue weighted by atomic mass is 10.1. The standard InChI is InChI=1S/C14H28N2O3/c1-11(16-13(17)19-14(2,3)4)5-7-15-9-12-6-8-18-10-12/h11-12,15H,5-10H2,1-4H3,(H,16,17). The van der Waals surface area contributed by atoms with Gasteiger partial charge in [-0.15, -0.1) is 0 Å². The van der Waals surface area contributed by atoms with E-state index in [4.69, 9.17) is 9.47 Å². The third-order valence-corrected chi connectivity index (χ3v) is 2.97. The van der Waals surface area contributed by atoms with E-state index in [1.165, 1.54) is 0 Å². The van der Waals surface area contributed by atoms with Crippen LogP contribution in [0.4, 0.5) is 4.79 Å². The summed E-state index contributed by atoms with van der Waals surface area (Å²) in [6.07, 6.45) is 1.70. The van der Waals surface area contributed by atoms with Gasteiger partial charge in [-0.25, -0.2) is 4.79 Å². The molecule has 0 aliphatic carbocycles. The van der Waals surface area contributed by atoms with Gasteiger partial charge in [-0.3, -0.25) is 0 Å². The molecule has 2 atom stereocenters. The monoisotopic (exact) mass is 272 g/mol. The van der Waals surface area contributed by atoms with Gasteiger partial charge in [0, 0.05) is 19.2 Å². The summed E-state index contributed by atoms with van der Waals surface area (Å²) < 4.78 is 10.5. The van der Waals surface area contributed by atoms with E-state index in [-0.39, 0.29) is 12.1 Å². The molecule has 5 heteroatoms. The van der Waals surface area contributed by atoms with Crippen molar-refractivity contribution in [3.8, 4) is 0 Å². The molecular formula is C14H28N2O3. The van der Waals surface area contributed by atoms with Crippen LogP contribution in [0.1, 0.15) is 40.5 Å². The van der Waals surface area contributed by atoms with E-state index in [1.54, 1.807) is 0 Å². The number of ether oxygens (including phenoxy) is 2. The first-order chi connectivity index (χ1) is 8.87. The first-order valence-electron chi connectivity index (χ1n) is 7.15. The number of rotatable bonds is 6. The maximum atomic E-state index is 11.5. The Labute approximate surface area is 116 Å². The fourth-order valence-electron chi connectivity index (χ4n) is 1.95. The van der Waals surface area contributed by atoms with Crippen LogP contribution in [0.3, 0.4) is 0 Å². The molecule has 1 aliphatic heterocycles. The summed E-state index contributed by atoms with van der Waals surface area (Å²) in [7, 11) is 0. The number of carbonyl (C=O) groups is 1. The van der Waals surface area contributed by atoms with E-state index >= 15 is 0 Å². The topological polar surface area (TPSA) is 59.6 Å². The Balaban J connectivity index is 2.03. The molecule has 0 aromatic rings. The third kappa shape index (κ3) is 8.06. The summed E-state index contributed by atoms with van der Waals surface area (Å²) >= 11 is 0. The minimum absolute atomic E-state index is 0.113. The van der Waals surface area contributed by atoms with E-state index in [9.17, 15) is 4.79 Å². The van der Waals surface area contributed by atoms with E-state index in [2.05, 4.69) is 10.6 Å². The van der Waals surface area contributed by atoms with Crippen LogP contribution in [0.25, 0.3) is 0 Å². The second-order valence-corrected chi connectivity index (χ2v) is 6.27. The van der Waals surface area contributed by atoms with E-state index < -0.39 is 5.60 Å². The quantitative estimate of drug-likeness (QED) is 0.725. The molecule has 1 amide bonds. The molecule has 2 unspecified atom stereocenters. The van der Waals surface area contributed by atoms with Gasteiger partial charge in [0.25, 0.3) is 0 Å². The lowest BCUT2D eigenvalue weighted by Gasteiger charge is -2.22. The Morgan fingerprint density at radius 1 is 1.47 bits per heavy atom. The molecule has 0 radical (unpaired) electrons. The maximum absolute atomic E-state index is 11.5. The molecule has 1 aliphatic rings. The Kier molecular flexibility index (Phi) is 6.58. The summed E-state index contributed by atoms with van der Waals surface area (Å²) in [5.41, 5.74) is -0.440. The smallest absolute Gasteiger partial charge is 0.407 e. The Hall–Kier alpha value is -0.810. The van der Waals surface area contributed by atoms with E-state index in [0.29, 0.717) is 5.92 Å². The molecule has 0 spiro atoms. The highest BCUT2D eigenvalue weighted by Gasteiger charge is 2.18. The Bertz CT molecular complexity index is 270. The normalized spacial score (nSPS) is 21.2. The molecule has 2 N–H and O–H groups in total. The van der Waals surface area contributed by atoms with Gasteiger partial charge in [0.2, 0.25) is 0 Å². The van der Waals surface area contributed by atoms with E-state index in [1.807, 2.05) is 27.7 Å². The predicted molar refractivity (Wildman–Crippen MR) is 75.2 cm³/mol. The Morgan fingerprint density at radius 2 is 2.21 bits per heavy atom. The summed E-state index contributed by atoms with van der Waals surface area (Å²) in [5.74, 6) is 0.647. The lowest BCUT2D eigenvalue weighted by molar-refractivity contribution is 0.0506. The van der Waals surface area contributed by atoms with Crippen molar-refractivity contribution < 1.29 is 14.3 Å². The molecule has 0 aromatic heterocycles. The zero-order chi connectivity index (χ0) is 14.3. The summed E-state index contributed by atoms with van der Waals surface area (Å²) in [4.78, 5) is 11.5. The molecule has 5 nitrogen and oxygen atoms in total. The molecule has 1 heterocycles. The van der Waals surface area contributed by atoms with Crippen molar-refractivity contribution in [1.82, 2.24) is 10.6 Å². The fourth-order valence-corrected chi connectivity index (χ4v) is 1.95. The fraction of sp³-hybridized carbons (Fsp3) is 0.929. The van der Waals surface area contributed by atoms with Gasteiger partial charge in [0.1, 0.15) is 5.60 Å². The summed E-state index contributed by atoms with van der Waals surface area (Å²) in [5, 5.41) is 6.25. The van der Waals surface area contributed by atoms with Gasteiger partial charge in [-0.05, 0) is 53.0 Å². The number of carbonyl (C=O) groups excluding carboxylic acids is 1. The third-order valence-electron chi connectivity index (χ3n) is 2.97. The minimum Gasteiger partial charge on any atom is -0.444 e. The number of nitrogens with one attached hydrogen (secondary N) is 2. The van der Waals surface area contributed by atoms with Gasteiger partial charge < -0.3 is 20.1 Å². The van der Waals surface area contributed by atoms with Crippen LogP contribution in [0.5, 0.6) is 0 Å². The van der Waals surface area contributed by atoms with Crippen LogP contribution in [-0.2, 0) is 9.47 Å². The SMILES string of the molecule is CC(CCNCC1CCOC1)NC(=O)OC(C)(C)C. The maximum Gasteiger partial charge on any atom is 0.407 e. The summed E-state index contributed by atoms with van der Waals surface area (Å²) in [6, 6.07) is 0.113. The highest BCUT2D eigenvalue weighted by molar-refractivity contribution is 5.67. The zero-order valence-electron chi connectivity index (χ0n) is 12.6. The molecular weight excluding hydrogens is 244 g/mol.